The molecule has 5 aliphatic rings. The van der Waals surface area contributed by atoms with Crippen molar-refractivity contribution in [2.75, 3.05) is 32.9 Å². The van der Waals surface area contributed by atoms with Crippen LogP contribution < -0.4 is 0 Å². The highest BCUT2D eigenvalue weighted by atomic mass is 16.5. The second kappa shape index (κ2) is 10.5. The van der Waals surface area contributed by atoms with E-state index in [1.54, 1.807) is 0 Å². The number of rotatable bonds is 6. The van der Waals surface area contributed by atoms with Crippen LogP contribution in [0.25, 0.3) is 0 Å². The Kier molecular flexibility index (Phi) is 7.44. The highest BCUT2D eigenvalue weighted by Crippen LogP contribution is 2.68. The lowest BCUT2D eigenvalue weighted by molar-refractivity contribution is -0.135. The molecule has 7 nitrogen and oxygen atoms in total. The van der Waals surface area contributed by atoms with Gasteiger partial charge >= 0.3 is 5.97 Å². The Hall–Kier alpha value is -2.15. The molecule has 4 aliphatic carbocycles. The highest BCUT2D eigenvalue weighted by molar-refractivity contribution is 5.89. The topological polar surface area (TPSA) is 84.5 Å². The number of nitrogens with zero attached hydrogens (tertiary/aromatic N) is 2. The van der Waals surface area contributed by atoms with Gasteiger partial charge in [0.25, 0.3) is 0 Å². The van der Waals surface area contributed by atoms with Crippen molar-refractivity contribution in [2.24, 2.45) is 40.4 Å². The molecule has 0 radical (unpaired) electrons. The molecule has 7 heteroatoms. The van der Waals surface area contributed by atoms with Gasteiger partial charge in [0.15, 0.2) is 5.69 Å². The molecule has 41 heavy (non-hydrogen) atoms. The van der Waals surface area contributed by atoms with Crippen molar-refractivity contribution in [3.63, 3.8) is 0 Å². The van der Waals surface area contributed by atoms with Crippen molar-refractivity contribution in [1.82, 2.24) is 15.1 Å². The molecule has 1 aromatic heterocycles. The first-order valence-corrected chi connectivity index (χ1v) is 16.3. The maximum atomic E-state index is 12.9. The van der Waals surface area contributed by atoms with Crippen molar-refractivity contribution in [3.8, 4) is 0 Å². The first kappa shape index (κ1) is 28.9. The predicted molar refractivity (Wildman–Crippen MR) is 158 cm³/mol. The summed E-state index contributed by atoms with van der Waals surface area (Å²) in [7, 11) is 0. The minimum absolute atomic E-state index is 0.0140. The summed E-state index contributed by atoms with van der Waals surface area (Å²) in [6.45, 7) is 17.1. The number of aromatic nitrogens is 2. The average Bonchev–Trinajstić information content (AvgIpc) is 3.53. The molecular weight excluding hydrogens is 514 g/mol. The minimum atomic E-state index is -0.305. The number of ether oxygens (including phenoxy) is 2. The molecule has 1 aromatic rings. The zero-order valence-electron chi connectivity index (χ0n) is 26.2. The van der Waals surface area contributed by atoms with E-state index in [4.69, 9.17) is 9.47 Å². The Morgan fingerprint density at radius 1 is 1.15 bits per heavy atom. The lowest BCUT2D eigenvalue weighted by Gasteiger charge is -2.60. The molecule has 0 spiro atoms. The Labute approximate surface area is 246 Å². The fourth-order valence-corrected chi connectivity index (χ4v) is 10.7. The van der Waals surface area contributed by atoms with Crippen LogP contribution in [0.5, 0.6) is 0 Å². The highest BCUT2D eigenvalue weighted by Gasteiger charge is 2.61. The first-order chi connectivity index (χ1) is 19.5. The number of esters is 1. The van der Waals surface area contributed by atoms with E-state index < -0.39 is 0 Å². The third-order valence-corrected chi connectivity index (χ3v) is 12.6. The smallest absolute Gasteiger partial charge is 0.359 e. The number of hydrogen-bond donors (Lipinski definition) is 1. The number of fused-ring (bicyclic) bond motifs is 6. The summed E-state index contributed by atoms with van der Waals surface area (Å²) in [5.74, 6) is 3.24. The Balaban J connectivity index is 1.21. The number of H-pyrrole nitrogens is 1. The number of hydrogen-bond acceptors (Lipinski definition) is 5. The van der Waals surface area contributed by atoms with Gasteiger partial charge in [0, 0.05) is 36.2 Å². The van der Waals surface area contributed by atoms with Crippen LogP contribution in [-0.4, -0.2) is 59.9 Å². The number of allylic oxidation sites excluding steroid dienone is 2. The van der Waals surface area contributed by atoms with Gasteiger partial charge in [-0.2, -0.15) is 5.10 Å². The molecule has 2 saturated carbocycles. The second-order valence-electron chi connectivity index (χ2n) is 14.8. The van der Waals surface area contributed by atoms with Crippen molar-refractivity contribution in [2.45, 2.75) is 98.3 Å². The standard InChI is InChI=1S/C34H51N3O4/c1-7-41-31(39)29-23-20-34(6)26-14-15-33(5)24(21(2)8-13-28(38)37-16-18-40-19-17-37)10-11-25(33)22(26)9-12-27(34)32(3,4)30(23)36-35-29/h12,21-22,24-26H,7-11,13-20H2,1-6H3,(H,35,36)/t21-,22+,24-,25+,26+,33-,34-/m1/s1. The van der Waals surface area contributed by atoms with Crippen LogP contribution in [0.2, 0.25) is 0 Å². The molecule has 1 aliphatic heterocycles. The van der Waals surface area contributed by atoms with Crippen LogP contribution in [0, 0.1) is 40.4 Å². The summed E-state index contributed by atoms with van der Waals surface area (Å²) in [6, 6.07) is 0. The fraction of sp³-hybridized carbons (Fsp3) is 0.794. The van der Waals surface area contributed by atoms with Gasteiger partial charge < -0.3 is 14.4 Å². The summed E-state index contributed by atoms with van der Waals surface area (Å²) in [4.78, 5) is 27.8. The van der Waals surface area contributed by atoms with Gasteiger partial charge in [-0.05, 0) is 92.3 Å². The molecule has 0 bridgehead atoms. The molecule has 1 N–H and O–H groups in total. The molecule has 3 fully saturated rings. The molecular formula is C34H51N3O4. The minimum Gasteiger partial charge on any atom is -0.461 e. The van der Waals surface area contributed by atoms with E-state index in [0.717, 1.165) is 49.5 Å². The second-order valence-corrected chi connectivity index (χ2v) is 14.8. The lowest BCUT2D eigenvalue weighted by Crippen LogP contribution is -2.54. The van der Waals surface area contributed by atoms with Gasteiger partial charge in [-0.3, -0.25) is 9.89 Å². The monoisotopic (exact) mass is 565 g/mol. The van der Waals surface area contributed by atoms with Gasteiger partial charge in [0.2, 0.25) is 5.91 Å². The zero-order valence-corrected chi connectivity index (χ0v) is 26.2. The number of amides is 1. The number of nitrogens with one attached hydrogen (secondary N) is 1. The Morgan fingerprint density at radius 3 is 2.63 bits per heavy atom. The van der Waals surface area contributed by atoms with Crippen LogP contribution >= 0.6 is 0 Å². The molecule has 1 saturated heterocycles. The van der Waals surface area contributed by atoms with Crippen LogP contribution in [0.15, 0.2) is 11.6 Å². The summed E-state index contributed by atoms with van der Waals surface area (Å²) in [5.41, 5.74) is 4.34. The molecule has 6 rings (SSSR count). The normalized spacial score (nSPS) is 36.3. The molecule has 0 aromatic carbocycles. The lowest BCUT2D eigenvalue weighted by atomic mass is 9.44. The van der Waals surface area contributed by atoms with E-state index in [1.807, 2.05) is 11.8 Å². The van der Waals surface area contributed by atoms with Crippen LogP contribution in [0.4, 0.5) is 0 Å². The van der Waals surface area contributed by atoms with Crippen molar-refractivity contribution < 1.29 is 19.1 Å². The SMILES string of the molecule is CCOC(=O)c1n[nH]c2c1C[C@@]1(C)C(=CC[C@H]3[C@@H]4CC[C@H]([C@H](C)CCC(=O)N5CCOCC5)[C@@]4(C)CC[C@@H]31)C2(C)C. The third kappa shape index (κ3) is 4.51. The molecule has 7 atom stereocenters. The largest absolute Gasteiger partial charge is 0.461 e. The predicted octanol–water partition coefficient (Wildman–Crippen LogP) is 6.09. The maximum Gasteiger partial charge on any atom is 0.359 e. The van der Waals surface area contributed by atoms with Crippen molar-refractivity contribution in [1.29, 1.82) is 0 Å². The Bertz CT molecular complexity index is 1210. The van der Waals surface area contributed by atoms with E-state index in [1.165, 1.54) is 31.3 Å². The summed E-state index contributed by atoms with van der Waals surface area (Å²) >= 11 is 0. The number of aromatic amines is 1. The first-order valence-electron chi connectivity index (χ1n) is 16.3. The van der Waals surface area contributed by atoms with Crippen LogP contribution in [0.1, 0.15) is 108 Å². The number of carbonyl (C=O) groups is 2. The van der Waals surface area contributed by atoms with Crippen molar-refractivity contribution in [3.05, 3.63) is 28.6 Å². The van der Waals surface area contributed by atoms with Crippen molar-refractivity contribution >= 4 is 11.9 Å². The van der Waals surface area contributed by atoms with E-state index >= 15 is 0 Å². The summed E-state index contributed by atoms with van der Waals surface area (Å²) in [6.07, 6.45) is 11.3. The van der Waals surface area contributed by atoms with Gasteiger partial charge in [0.1, 0.15) is 0 Å². The molecule has 1 amide bonds. The van der Waals surface area contributed by atoms with Crippen LogP contribution in [0.3, 0.4) is 0 Å². The average molecular weight is 566 g/mol. The van der Waals surface area contributed by atoms with E-state index in [-0.39, 0.29) is 16.8 Å². The number of carbonyl (C=O) groups excluding carboxylic acids is 2. The zero-order chi connectivity index (χ0) is 29.2. The van der Waals surface area contributed by atoms with Gasteiger partial charge in [0.05, 0.1) is 19.8 Å². The summed E-state index contributed by atoms with van der Waals surface area (Å²) < 4.78 is 10.8. The van der Waals surface area contributed by atoms with Gasteiger partial charge in [-0.1, -0.05) is 46.3 Å². The van der Waals surface area contributed by atoms with E-state index in [0.29, 0.717) is 66.9 Å². The fourth-order valence-electron chi connectivity index (χ4n) is 10.7. The third-order valence-electron chi connectivity index (χ3n) is 12.6. The van der Waals surface area contributed by atoms with Gasteiger partial charge in [-0.15, -0.1) is 0 Å². The summed E-state index contributed by atoms with van der Waals surface area (Å²) in [5, 5.41) is 7.75. The van der Waals surface area contributed by atoms with Gasteiger partial charge in [-0.25, -0.2) is 4.79 Å². The Morgan fingerprint density at radius 2 is 1.90 bits per heavy atom. The quantitative estimate of drug-likeness (QED) is 0.333. The maximum absolute atomic E-state index is 12.9. The van der Waals surface area contributed by atoms with E-state index in [2.05, 4.69) is 50.9 Å². The number of morpholine rings is 1. The molecule has 0 unspecified atom stereocenters. The molecule has 2 heterocycles. The van der Waals surface area contributed by atoms with E-state index in [9.17, 15) is 9.59 Å². The van der Waals surface area contributed by atoms with Crippen LogP contribution in [-0.2, 0) is 26.1 Å². The molecule has 226 valence electrons.